The van der Waals surface area contributed by atoms with Gasteiger partial charge in [-0.05, 0) is 268 Å². The minimum absolute atomic E-state index is 0. The second-order valence-corrected chi connectivity index (χ2v) is 44.9. The van der Waals surface area contributed by atoms with Crippen LogP contribution in [0, 0.1) is 23.7 Å². The van der Waals surface area contributed by atoms with Gasteiger partial charge in [0.2, 0.25) is 10.6 Å². The van der Waals surface area contributed by atoms with Gasteiger partial charge in [-0.3, -0.25) is 0 Å². The van der Waals surface area contributed by atoms with Gasteiger partial charge in [-0.1, -0.05) is 103 Å². The van der Waals surface area contributed by atoms with E-state index in [0.717, 1.165) is 21.8 Å². The van der Waals surface area contributed by atoms with Gasteiger partial charge in [0.15, 0.2) is 22.6 Å². The molecule has 5 aromatic carbocycles. The Bertz CT molecular complexity index is 7710. The first-order valence-corrected chi connectivity index (χ1v) is 52.3. The third kappa shape index (κ3) is 27.3. The molecule has 0 unspecified atom stereocenters. The zero-order valence-electron chi connectivity index (χ0n) is 78.0. The third-order valence-electron chi connectivity index (χ3n) is 22.3. The van der Waals surface area contributed by atoms with Gasteiger partial charge in [0.05, 0.1) is 63.8 Å². The summed E-state index contributed by atoms with van der Waals surface area (Å²) < 4.78 is 168. The van der Waals surface area contributed by atoms with Crippen LogP contribution in [0.5, 0.6) is 0 Å². The molecule has 3 saturated heterocycles. The molecule has 20 rings (SSSR count). The largest absolute Gasteiger partial charge is 2.00 e. The first kappa shape index (κ1) is 114. The minimum Gasteiger partial charge on any atom is -0.512 e. The summed E-state index contributed by atoms with van der Waals surface area (Å²) in [7, 11) is -10.5. The van der Waals surface area contributed by atoms with E-state index in [9.17, 15) is 42.1 Å². The molecule has 1 radical (unpaired) electrons. The van der Waals surface area contributed by atoms with Crippen molar-refractivity contribution in [3.8, 4) is 11.3 Å². The van der Waals surface area contributed by atoms with Crippen LogP contribution in [-0.2, 0) is 96.5 Å². The number of halogens is 5. The first-order valence-electron chi connectivity index (χ1n) is 41.9. The number of thiol groups is 1. The number of rotatable bonds is 12. The van der Waals surface area contributed by atoms with Crippen LogP contribution in [0.15, 0.2) is 344 Å². The van der Waals surface area contributed by atoms with Crippen molar-refractivity contribution < 1.29 is 89.5 Å². The molecule has 12 aromatic heterocycles. The van der Waals surface area contributed by atoms with Gasteiger partial charge >= 0.3 is 65.4 Å². The summed E-state index contributed by atoms with van der Waals surface area (Å²) in [4.78, 5) is 40.2. The van der Waals surface area contributed by atoms with Gasteiger partial charge < -0.3 is 56.6 Å². The van der Waals surface area contributed by atoms with Crippen LogP contribution in [0.4, 0.5) is 0 Å². The Morgan fingerprint density at radius 3 is 1.12 bits per heavy atom. The number of benzene rings is 5. The van der Waals surface area contributed by atoms with Gasteiger partial charge in [0, 0.05) is 127 Å². The number of nitrogens with one attached hydrogen (secondary N) is 1. The van der Waals surface area contributed by atoms with Crippen molar-refractivity contribution in [3.63, 3.8) is 0 Å². The molecule has 1 N–H and O–H groups in total. The smallest absolute Gasteiger partial charge is 0.512 e. The molecule has 0 amide bonds. The maximum absolute atomic E-state index is 13.2. The summed E-state index contributed by atoms with van der Waals surface area (Å²) in [5, 5.41) is 17.2. The van der Waals surface area contributed by atoms with Gasteiger partial charge in [-0.15, -0.1) is 0 Å². The summed E-state index contributed by atoms with van der Waals surface area (Å²) in [5.74, 6) is 0. The predicted molar refractivity (Wildman–Crippen MR) is 551 cm³/mol. The van der Waals surface area contributed by atoms with E-state index in [1.807, 2.05) is 126 Å². The number of fused-ring (bicyclic) bond motifs is 5. The molecular weight excluding hydrogens is 2130 g/mol. The average Bonchev–Trinajstić information content (AvgIpc) is 1.58. The molecule has 142 heavy (non-hydrogen) atoms. The van der Waals surface area contributed by atoms with E-state index in [1.54, 1.807) is 225 Å². The molecule has 0 saturated carbocycles. The standard InChI is InChI=1S/C19H21BN2O4S.C17H11ClN4O2S.C13H9BrN2O2S.C13H10N2O2S.C12H24B2O4.C7H6N2.C6H5ClO2S.C4H2Cl2N2.2CN.BHNS.Zn/c1-18(2)19(3,4)26-20(25-18)16-13-22(17-15(16)11-8-12-21-17)27(23,24)14-9-6-5-7-10-14;18-17-20-10-8-15(21-17)14-11-22(16-13(14)7-4-9-19-16)25(23,24)12-5-2-1-3-6-12;14-12-9-16(13-11(12)7-4-8-15-13)19(17,18)10-5-2-1-3-6-10;16-18(17,12-6-2-1-3-7-12)15-10-8-11-5-4-9-14-13(11)15;1-9(2)10(3,4)16-13(15-9)14-17-11(5,6)12(7,8)18-14;1-2-6-3-5-9-7(6)8-4-1;7-10(8,9)6-4-2-1-3-5-6;5-3-1-2-7-4(6)8-3;2*1-2;1-2-3;/h5-13H,1-4H3;1-11H;1-9H;1-10H;1-8H3;1-5H,(H,8,9);1-5H;1-2H;;;3H;/q;;;;;;;;2*-1;;+2. The maximum atomic E-state index is 13.2. The fourth-order valence-corrected chi connectivity index (χ4v) is 20.5. The quantitative estimate of drug-likeness (QED) is 0.0286. The van der Waals surface area contributed by atoms with Crippen LogP contribution in [0.2, 0.25) is 15.7 Å². The number of H-pyrrole nitrogens is 1. The molecule has 3 fully saturated rings. The van der Waals surface area contributed by atoms with E-state index < -0.39 is 81.5 Å². The van der Waals surface area contributed by atoms with Gasteiger partial charge in [-0.25, -0.2) is 103 Å². The summed E-state index contributed by atoms with van der Waals surface area (Å²) in [5.41, 5.74) is 1.81. The van der Waals surface area contributed by atoms with Crippen molar-refractivity contribution in [2.45, 2.75) is 141 Å². The molecular formula is C93H89B4BrCl4N17O16S6Zn. The van der Waals surface area contributed by atoms with Crippen molar-refractivity contribution in [2.24, 2.45) is 4.30 Å². The number of hydrogen-bond donors (Lipinski definition) is 2. The molecule has 3 aliphatic rings. The number of nitrogens with zero attached hydrogens (tertiary/aromatic N) is 16. The van der Waals surface area contributed by atoms with Crippen molar-refractivity contribution >= 4 is 213 Å². The molecule has 0 spiro atoms. The van der Waals surface area contributed by atoms with E-state index in [1.165, 1.54) is 59.0 Å². The predicted octanol–water partition coefficient (Wildman–Crippen LogP) is 18.8. The van der Waals surface area contributed by atoms with Gasteiger partial charge in [0.1, 0.15) is 10.8 Å². The average molecular weight is 2220 g/mol. The molecule has 0 bridgehead atoms. The van der Waals surface area contributed by atoms with Crippen molar-refractivity contribution in [1.29, 1.82) is 10.5 Å². The summed E-state index contributed by atoms with van der Waals surface area (Å²) in [6.07, 6.45) is 19.1. The zero-order chi connectivity index (χ0) is 103. The molecule has 3 aliphatic heterocycles. The minimum atomic E-state index is -3.79. The Labute approximate surface area is 871 Å². The van der Waals surface area contributed by atoms with Crippen molar-refractivity contribution in [3.05, 3.63) is 344 Å². The molecule has 33 nitrogen and oxygen atoms in total. The molecule has 17 aromatic rings. The van der Waals surface area contributed by atoms with E-state index >= 15 is 0 Å². The Kier molecular flexibility index (Phi) is 39.5. The topological polar surface area (TPSA) is 438 Å². The number of aromatic amines is 1. The monoisotopic (exact) mass is 2220 g/mol. The Morgan fingerprint density at radius 2 is 0.725 bits per heavy atom. The fraction of sp³-hybridized carbons (Fsp3) is 0.194. The van der Waals surface area contributed by atoms with Crippen LogP contribution in [-0.4, -0.2) is 170 Å². The number of pyridine rings is 5. The zero-order valence-corrected chi connectivity index (χ0v) is 90.6. The molecule has 727 valence electrons. The SMILES string of the molecule is CC1(C)OB(B2OC(C)(C)C(C)(C)O2)OC1(C)C.CC1(C)OB(c2cn(S(=O)(=O)c3ccccc3)c3ncccc23)OC1(C)C.Clc1ccnc(Cl)n1.O=S(=O)(Cl)c1ccccc1.O=S(=O)(c1ccccc1)n1cc(-c2ccnc(Cl)n2)c2cccnc21.O=S(=O)(c1ccccc1)n1cc(Br)c2cccnc21.O=S(=O)(c1ccccc1)n1ccc2cccnc21.[B]=NS.[C-]#N.[C-]#N.[Zn+2].c1cnc2[nH]ccc2c1. The van der Waals surface area contributed by atoms with Crippen LogP contribution in [0.1, 0.15) is 83.1 Å². The maximum Gasteiger partial charge on any atom is 2.00 e. The van der Waals surface area contributed by atoms with E-state index in [2.05, 4.69) is 90.5 Å². The molecule has 15 heterocycles. The van der Waals surface area contributed by atoms with Crippen LogP contribution < -0.4 is 5.46 Å². The van der Waals surface area contributed by atoms with Crippen LogP contribution >= 0.6 is 74.2 Å². The first-order chi connectivity index (χ1) is 66.7. The van der Waals surface area contributed by atoms with E-state index in [0.29, 0.717) is 59.7 Å². The summed E-state index contributed by atoms with van der Waals surface area (Å²) in [6, 6.07) is 66.3. The van der Waals surface area contributed by atoms with Crippen molar-refractivity contribution in [2.75, 3.05) is 0 Å². The number of hydrogen-bond acceptors (Lipinski definition) is 29. The van der Waals surface area contributed by atoms with Crippen LogP contribution in [0.25, 0.3) is 66.4 Å². The Morgan fingerprint density at radius 1 is 0.387 bits per heavy atom. The van der Waals surface area contributed by atoms with Crippen LogP contribution in [0.3, 0.4) is 0 Å². The van der Waals surface area contributed by atoms with E-state index in [-0.39, 0.29) is 76.9 Å². The Balaban J connectivity index is 0.000000184. The summed E-state index contributed by atoms with van der Waals surface area (Å²) in [6.45, 7) is 33.6. The van der Waals surface area contributed by atoms with Gasteiger partial charge in [0.25, 0.3) is 49.1 Å². The van der Waals surface area contributed by atoms with Crippen molar-refractivity contribution in [1.82, 2.24) is 65.7 Å². The second kappa shape index (κ2) is 49.0. The van der Waals surface area contributed by atoms with E-state index in [4.69, 9.17) is 97.1 Å². The summed E-state index contributed by atoms with van der Waals surface area (Å²) >= 11 is 23.2. The molecule has 0 atom stereocenters. The Hall–Kier alpha value is -11.1. The second-order valence-electron chi connectivity index (χ2n) is 32.9. The number of aromatic nitrogens is 14. The normalized spacial score (nSPS) is 14.9. The van der Waals surface area contributed by atoms with Gasteiger partial charge in [-0.2, -0.15) is 0 Å². The fourth-order valence-electron chi connectivity index (χ4n) is 13.2. The molecule has 49 heteroatoms. The molecule has 0 aliphatic carbocycles. The third-order valence-corrected chi connectivity index (χ3v) is 31.6.